The third-order valence-corrected chi connectivity index (χ3v) is 4.99. The average molecular weight is 462 g/mol. The standard InChI is InChI=1S/C21H25N5O5.H2S/c1-21(2,3)31-20(29)26-10-9-25(12-15(26)19(28)30-6)14-11-17(27)24(5)13-7-8-16(22-4)23-18(13)14;/h7-8,11,15H,9-10,12H2,1-3,5-6H3;1H2/t15-;/m0./s1. The number of rotatable bonds is 2. The van der Waals surface area contributed by atoms with Crippen LogP contribution in [0, 0.1) is 6.57 Å². The molecule has 1 aliphatic heterocycles. The van der Waals surface area contributed by atoms with E-state index in [1.165, 1.54) is 22.6 Å². The molecule has 2 aromatic heterocycles. The summed E-state index contributed by atoms with van der Waals surface area (Å²) in [7, 11) is 2.89. The quantitative estimate of drug-likeness (QED) is 0.499. The molecule has 1 amide bonds. The van der Waals surface area contributed by atoms with Gasteiger partial charge in [-0.15, -0.1) is 4.98 Å². The number of methoxy groups -OCH3 is 1. The molecule has 3 heterocycles. The maximum absolute atomic E-state index is 12.7. The fourth-order valence-corrected chi connectivity index (χ4v) is 3.48. The zero-order valence-electron chi connectivity index (χ0n) is 18.7. The first-order chi connectivity index (χ1) is 14.6. The van der Waals surface area contributed by atoms with Gasteiger partial charge in [0.2, 0.25) is 5.52 Å². The fraction of sp³-hybridized carbons (Fsp3) is 0.476. The molecule has 0 saturated carbocycles. The molecular weight excluding hydrogens is 434 g/mol. The van der Waals surface area contributed by atoms with E-state index in [2.05, 4.69) is 9.83 Å². The number of anilines is 1. The van der Waals surface area contributed by atoms with Crippen molar-refractivity contribution in [3.8, 4) is 0 Å². The molecule has 0 N–H and O–H groups in total. The Hall–Kier alpha value is -3.26. The molecule has 0 radical (unpaired) electrons. The third-order valence-electron chi connectivity index (χ3n) is 4.99. The molecule has 0 aliphatic carbocycles. The second kappa shape index (κ2) is 9.48. The summed E-state index contributed by atoms with van der Waals surface area (Å²) in [6.07, 6.45) is -0.607. The predicted molar refractivity (Wildman–Crippen MR) is 125 cm³/mol. The van der Waals surface area contributed by atoms with Crippen molar-refractivity contribution < 1.29 is 19.1 Å². The summed E-state index contributed by atoms with van der Waals surface area (Å²) >= 11 is 0. The highest BCUT2D eigenvalue weighted by atomic mass is 32.1. The molecule has 0 bridgehead atoms. The minimum Gasteiger partial charge on any atom is -0.467 e. The maximum Gasteiger partial charge on any atom is 0.411 e. The van der Waals surface area contributed by atoms with Crippen molar-refractivity contribution >= 4 is 48.1 Å². The second-order valence-corrected chi connectivity index (χ2v) is 8.23. The first-order valence-corrected chi connectivity index (χ1v) is 9.76. The van der Waals surface area contributed by atoms with E-state index in [1.54, 1.807) is 40.0 Å². The molecule has 172 valence electrons. The zero-order chi connectivity index (χ0) is 22.9. The lowest BCUT2D eigenvalue weighted by molar-refractivity contribution is -0.147. The van der Waals surface area contributed by atoms with Crippen molar-refractivity contribution in [1.29, 1.82) is 0 Å². The number of hydrogen-bond donors (Lipinski definition) is 0. The number of aryl methyl sites for hydroxylation is 1. The van der Waals surface area contributed by atoms with Gasteiger partial charge in [-0.2, -0.15) is 13.5 Å². The number of carbonyl (C=O) groups excluding carboxylic acids is 2. The van der Waals surface area contributed by atoms with Crippen LogP contribution < -0.4 is 10.5 Å². The largest absolute Gasteiger partial charge is 0.467 e. The summed E-state index contributed by atoms with van der Waals surface area (Å²) in [6, 6.07) is 3.74. The normalized spacial score (nSPS) is 16.2. The summed E-state index contributed by atoms with van der Waals surface area (Å²) in [6.45, 7) is 13.1. The smallest absolute Gasteiger partial charge is 0.411 e. The Morgan fingerprint density at radius 1 is 1.25 bits per heavy atom. The minimum absolute atomic E-state index is 0. The van der Waals surface area contributed by atoms with Gasteiger partial charge in [0.25, 0.3) is 11.4 Å². The molecule has 0 unspecified atom stereocenters. The summed E-state index contributed by atoms with van der Waals surface area (Å²) in [5.41, 5.74) is 0.589. The summed E-state index contributed by atoms with van der Waals surface area (Å²) in [5, 5.41) is 0. The molecular formula is C21H27N5O5S. The molecule has 2 aromatic rings. The Kier molecular flexibility index (Phi) is 7.41. The lowest BCUT2D eigenvalue weighted by Crippen LogP contribution is -2.59. The van der Waals surface area contributed by atoms with Gasteiger partial charge < -0.3 is 23.8 Å². The number of pyridine rings is 2. The highest BCUT2D eigenvalue weighted by molar-refractivity contribution is 7.59. The van der Waals surface area contributed by atoms with Crippen LogP contribution in [0.25, 0.3) is 15.9 Å². The molecule has 32 heavy (non-hydrogen) atoms. The summed E-state index contributed by atoms with van der Waals surface area (Å²) in [5.74, 6) is -0.386. The highest BCUT2D eigenvalue weighted by Gasteiger charge is 2.39. The van der Waals surface area contributed by atoms with Crippen molar-refractivity contribution in [3.63, 3.8) is 0 Å². The molecule has 11 heteroatoms. The van der Waals surface area contributed by atoms with Crippen molar-refractivity contribution in [2.75, 3.05) is 31.6 Å². The van der Waals surface area contributed by atoms with Crippen molar-refractivity contribution in [2.45, 2.75) is 32.4 Å². The predicted octanol–water partition coefficient (Wildman–Crippen LogP) is 2.20. The third kappa shape index (κ3) is 4.96. The lowest BCUT2D eigenvalue weighted by Gasteiger charge is -2.40. The van der Waals surface area contributed by atoms with E-state index < -0.39 is 23.7 Å². The number of amides is 1. The van der Waals surface area contributed by atoms with Crippen LogP contribution in [0.3, 0.4) is 0 Å². The van der Waals surface area contributed by atoms with Crippen molar-refractivity contribution in [2.24, 2.45) is 7.05 Å². The van der Waals surface area contributed by atoms with Crippen LogP contribution in [-0.2, 0) is 21.3 Å². The van der Waals surface area contributed by atoms with Gasteiger partial charge in [0, 0.05) is 32.7 Å². The Morgan fingerprint density at radius 3 is 2.53 bits per heavy atom. The Bertz CT molecular complexity index is 1130. The SMILES string of the molecule is S.[C-]#[N+]c1ccc2c(n1)c(N1CCN(C(=O)OC(C)(C)C)[C@H](C(=O)OC)C1)cc(=O)n2C. The van der Waals surface area contributed by atoms with E-state index in [1.807, 2.05) is 4.90 Å². The van der Waals surface area contributed by atoms with Crippen LogP contribution in [0.15, 0.2) is 23.0 Å². The molecule has 0 aromatic carbocycles. The molecule has 1 fully saturated rings. The molecule has 1 aliphatic rings. The van der Waals surface area contributed by atoms with Gasteiger partial charge in [-0.05, 0) is 32.9 Å². The summed E-state index contributed by atoms with van der Waals surface area (Å²) < 4.78 is 11.8. The number of aromatic nitrogens is 2. The number of ether oxygens (including phenoxy) is 2. The molecule has 3 rings (SSSR count). The van der Waals surface area contributed by atoms with E-state index in [4.69, 9.17) is 16.0 Å². The van der Waals surface area contributed by atoms with Crippen LogP contribution in [-0.4, -0.2) is 64.9 Å². The number of nitrogens with zero attached hydrogens (tertiary/aromatic N) is 5. The fourth-order valence-electron chi connectivity index (χ4n) is 3.48. The molecule has 1 atom stereocenters. The maximum atomic E-state index is 12.7. The lowest BCUT2D eigenvalue weighted by atomic mass is 10.1. The van der Waals surface area contributed by atoms with Gasteiger partial charge in [0.15, 0.2) is 6.04 Å². The van der Waals surface area contributed by atoms with E-state index >= 15 is 0 Å². The highest BCUT2D eigenvalue weighted by Crippen LogP contribution is 2.28. The Labute approximate surface area is 193 Å². The number of esters is 1. The first-order valence-electron chi connectivity index (χ1n) is 9.76. The van der Waals surface area contributed by atoms with Crippen LogP contribution in [0.2, 0.25) is 0 Å². The van der Waals surface area contributed by atoms with Crippen LogP contribution in [0.4, 0.5) is 16.3 Å². The zero-order valence-corrected chi connectivity index (χ0v) is 19.7. The average Bonchev–Trinajstić information content (AvgIpc) is 2.73. The van der Waals surface area contributed by atoms with Gasteiger partial charge in [-0.1, -0.05) is 6.57 Å². The van der Waals surface area contributed by atoms with Gasteiger partial charge in [0.1, 0.15) is 5.60 Å². The van der Waals surface area contributed by atoms with Crippen molar-refractivity contribution in [3.05, 3.63) is 40.0 Å². The van der Waals surface area contributed by atoms with E-state index in [0.29, 0.717) is 23.3 Å². The Morgan fingerprint density at radius 2 is 1.94 bits per heavy atom. The first kappa shape index (κ1) is 25.0. The molecule has 10 nitrogen and oxygen atoms in total. The van der Waals surface area contributed by atoms with Gasteiger partial charge in [-0.25, -0.2) is 9.59 Å². The van der Waals surface area contributed by atoms with Gasteiger partial charge in [-0.3, -0.25) is 9.69 Å². The Balaban J connectivity index is 0.00000363. The summed E-state index contributed by atoms with van der Waals surface area (Å²) in [4.78, 5) is 48.6. The van der Waals surface area contributed by atoms with E-state index in [-0.39, 0.29) is 38.0 Å². The van der Waals surface area contributed by atoms with Gasteiger partial charge >= 0.3 is 12.1 Å². The van der Waals surface area contributed by atoms with Crippen molar-refractivity contribution in [1.82, 2.24) is 14.5 Å². The van der Waals surface area contributed by atoms with Crippen LogP contribution >= 0.6 is 13.5 Å². The monoisotopic (exact) mass is 461 g/mol. The van der Waals surface area contributed by atoms with E-state index in [9.17, 15) is 14.4 Å². The van der Waals surface area contributed by atoms with Crippen LogP contribution in [0.5, 0.6) is 0 Å². The minimum atomic E-state index is -0.920. The second-order valence-electron chi connectivity index (χ2n) is 8.23. The molecule has 0 spiro atoms. The number of carbonyl (C=O) groups is 2. The van der Waals surface area contributed by atoms with Gasteiger partial charge in [0.05, 0.1) is 18.3 Å². The van der Waals surface area contributed by atoms with Crippen LogP contribution in [0.1, 0.15) is 20.8 Å². The van der Waals surface area contributed by atoms with E-state index in [0.717, 1.165) is 0 Å². The number of fused-ring (bicyclic) bond motifs is 1. The number of piperazine rings is 1. The topological polar surface area (TPSA) is 98.3 Å². The number of hydrogen-bond acceptors (Lipinski definition) is 7. The molecule has 1 saturated heterocycles.